The van der Waals surface area contributed by atoms with Gasteiger partial charge in [0.05, 0.1) is 6.10 Å². The summed E-state index contributed by atoms with van der Waals surface area (Å²) in [6, 6.07) is 11.5. The van der Waals surface area contributed by atoms with Gasteiger partial charge in [0.15, 0.2) is 0 Å². The second-order valence-electron chi connectivity index (χ2n) is 6.48. The summed E-state index contributed by atoms with van der Waals surface area (Å²) in [5.74, 6) is 0.721. The van der Waals surface area contributed by atoms with Crippen molar-refractivity contribution in [2.45, 2.75) is 44.9 Å². The average Bonchev–Trinajstić information content (AvgIpc) is 3.15. The molecule has 3 rings (SSSR count). The number of nitrogens with zero attached hydrogens (tertiary/aromatic N) is 1. The van der Waals surface area contributed by atoms with E-state index in [4.69, 9.17) is 4.74 Å². The lowest BCUT2D eigenvalue weighted by atomic mass is 9.99. The maximum absolute atomic E-state index is 5.78. The van der Waals surface area contributed by atoms with Gasteiger partial charge in [-0.3, -0.25) is 4.90 Å². The van der Waals surface area contributed by atoms with Gasteiger partial charge in [-0.25, -0.2) is 0 Å². The Balaban J connectivity index is 1.40. The molecular weight excluding hydrogens is 260 g/mol. The molecule has 0 aromatic heterocycles. The summed E-state index contributed by atoms with van der Waals surface area (Å²) in [6.45, 7) is 7.80. The highest BCUT2D eigenvalue weighted by Crippen LogP contribution is 2.23. The van der Waals surface area contributed by atoms with E-state index >= 15 is 0 Å². The Morgan fingerprint density at radius 3 is 2.90 bits per heavy atom. The summed E-state index contributed by atoms with van der Waals surface area (Å²) < 4.78 is 5.78. The van der Waals surface area contributed by atoms with E-state index in [1.165, 1.54) is 31.5 Å². The van der Waals surface area contributed by atoms with Crippen molar-refractivity contribution < 1.29 is 4.74 Å². The lowest BCUT2D eigenvalue weighted by Crippen LogP contribution is -2.37. The fraction of sp³-hybridized carbons (Fsp3) is 0.667. The maximum atomic E-state index is 5.78. The molecule has 3 atom stereocenters. The minimum absolute atomic E-state index is 0.485. The first-order valence-electron chi connectivity index (χ1n) is 8.46. The lowest BCUT2D eigenvalue weighted by molar-refractivity contribution is 0.0866. The highest BCUT2D eigenvalue weighted by atomic mass is 16.5. The van der Waals surface area contributed by atoms with Gasteiger partial charge in [-0.2, -0.15) is 0 Å². The van der Waals surface area contributed by atoms with Crippen molar-refractivity contribution in [2.24, 2.45) is 5.92 Å². The quantitative estimate of drug-likeness (QED) is 0.871. The van der Waals surface area contributed by atoms with Crippen LogP contribution in [-0.2, 0) is 11.3 Å². The Morgan fingerprint density at radius 2 is 2.10 bits per heavy atom. The van der Waals surface area contributed by atoms with Crippen LogP contribution in [0.5, 0.6) is 0 Å². The Kier molecular flexibility index (Phi) is 5.28. The van der Waals surface area contributed by atoms with Crippen LogP contribution in [0.2, 0.25) is 0 Å². The van der Waals surface area contributed by atoms with Gasteiger partial charge in [-0.05, 0) is 30.7 Å². The molecule has 116 valence electrons. The Hall–Kier alpha value is -0.900. The van der Waals surface area contributed by atoms with E-state index in [1.807, 2.05) is 0 Å². The minimum Gasteiger partial charge on any atom is -0.378 e. The minimum atomic E-state index is 0.485. The second-order valence-corrected chi connectivity index (χ2v) is 6.48. The van der Waals surface area contributed by atoms with Crippen molar-refractivity contribution in [1.29, 1.82) is 0 Å². The molecule has 21 heavy (non-hydrogen) atoms. The largest absolute Gasteiger partial charge is 0.378 e. The van der Waals surface area contributed by atoms with E-state index < -0.39 is 0 Å². The van der Waals surface area contributed by atoms with Gasteiger partial charge in [0.2, 0.25) is 0 Å². The highest BCUT2D eigenvalue weighted by Gasteiger charge is 2.28. The van der Waals surface area contributed by atoms with E-state index in [0.717, 1.165) is 32.0 Å². The van der Waals surface area contributed by atoms with Gasteiger partial charge < -0.3 is 10.1 Å². The number of ether oxygens (including phenoxy) is 1. The van der Waals surface area contributed by atoms with Crippen molar-refractivity contribution in [3.63, 3.8) is 0 Å². The van der Waals surface area contributed by atoms with Crippen LogP contribution in [-0.4, -0.2) is 43.3 Å². The van der Waals surface area contributed by atoms with Gasteiger partial charge in [0.1, 0.15) is 0 Å². The van der Waals surface area contributed by atoms with E-state index in [2.05, 4.69) is 47.5 Å². The van der Waals surface area contributed by atoms with Crippen LogP contribution >= 0.6 is 0 Å². The first-order chi connectivity index (χ1) is 10.3. The molecule has 2 aliphatic heterocycles. The van der Waals surface area contributed by atoms with Crippen LogP contribution in [0.1, 0.15) is 31.7 Å². The Morgan fingerprint density at radius 1 is 1.24 bits per heavy atom. The van der Waals surface area contributed by atoms with Crippen molar-refractivity contribution in [3.05, 3.63) is 35.9 Å². The summed E-state index contributed by atoms with van der Waals surface area (Å²) in [5.41, 5.74) is 1.42. The third-order valence-corrected chi connectivity index (χ3v) is 4.94. The van der Waals surface area contributed by atoms with Gasteiger partial charge in [0.25, 0.3) is 0 Å². The number of benzene rings is 1. The molecule has 3 unspecified atom stereocenters. The number of nitrogens with one attached hydrogen (secondary N) is 1. The molecule has 1 aromatic rings. The van der Waals surface area contributed by atoms with Gasteiger partial charge in [0, 0.05) is 38.8 Å². The van der Waals surface area contributed by atoms with Crippen LogP contribution < -0.4 is 5.32 Å². The van der Waals surface area contributed by atoms with Crippen molar-refractivity contribution in [1.82, 2.24) is 10.2 Å². The molecule has 2 fully saturated rings. The molecule has 1 N–H and O–H groups in total. The zero-order valence-corrected chi connectivity index (χ0v) is 13.1. The number of hydrogen-bond acceptors (Lipinski definition) is 3. The molecule has 2 aliphatic rings. The fourth-order valence-electron chi connectivity index (χ4n) is 3.68. The first kappa shape index (κ1) is 15.0. The molecule has 0 amide bonds. The molecule has 0 saturated carbocycles. The van der Waals surface area contributed by atoms with Gasteiger partial charge in [-0.1, -0.05) is 37.3 Å². The zero-order valence-electron chi connectivity index (χ0n) is 13.1. The van der Waals surface area contributed by atoms with E-state index in [9.17, 15) is 0 Å². The third-order valence-electron chi connectivity index (χ3n) is 4.94. The van der Waals surface area contributed by atoms with Gasteiger partial charge in [-0.15, -0.1) is 0 Å². The predicted octanol–water partition coefficient (Wildman–Crippen LogP) is 2.67. The highest BCUT2D eigenvalue weighted by molar-refractivity contribution is 5.14. The first-order valence-corrected chi connectivity index (χ1v) is 8.46. The van der Waals surface area contributed by atoms with Crippen LogP contribution in [0.15, 0.2) is 30.3 Å². The molecular formula is C18H28N2O. The molecule has 3 nitrogen and oxygen atoms in total. The molecule has 0 aliphatic carbocycles. The normalized spacial score (nSPS) is 30.0. The summed E-state index contributed by atoms with van der Waals surface area (Å²) in [7, 11) is 0. The number of hydrogen-bond donors (Lipinski definition) is 1. The van der Waals surface area contributed by atoms with E-state index in [0.29, 0.717) is 12.1 Å². The maximum Gasteiger partial charge on any atom is 0.0613 e. The van der Waals surface area contributed by atoms with Crippen LogP contribution in [0, 0.1) is 5.92 Å². The summed E-state index contributed by atoms with van der Waals surface area (Å²) in [6.07, 6.45) is 4.14. The standard InChI is InChI=1S/C18H28N2O/c1-2-18-16(9-11-21-18)12-19-17-8-10-20(14-17)13-15-6-4-3-5-7-15/h3-7,16-19H,2,8-14H2,1H3. The summed E-state index contributed by atoms with van der Waals surface area (Å²) >= 11 is 0. The smallest absolute Gasteiger partial charge is 0.0613 e. The molecule has 3 heteroatoms. The molecule has 0 bridgehead atoms. The monoisotopic (exact) mass is 288 g/mol. The van der Waals surface area contributed by atoms with Crippen LogP contribution in [0.4, 0.5) is 0 Å². The molecule has 0 radical (unpaired) electrons. The van der Waals surface area contributed by atoms with Crippen LogP contribution in [0.25, 0.3) is 0 Å². The van der Waals surface area contributed by atoms with Crippen molar-refractivity contribution >= 4 is 0 Å². The third kappa shape index (κ3) is 4.06. The fourth-order valence-corrected chi connectivity index (χ4v) is 3.68. The average molecular weight is 288 g/mol. The topological polar surface area (TPSA) is 24.5 Å². The zero-order chi connectivity index (χ0) is 14.5. The lowest BCUT2D eigenvalue weighted by Gasteiger charge is -2.21. The Bertz CT molecular complexity index is 422. The Labute approximate surface area is 128 Å². The summed E-state index contributed by atoms with van der Waals surface area (Å²) in [5, 5.41) is 3.78. The van der Waals surface area contributed by atoms with E-state index in [1.54, 1.807) is 0 Å². The van der Waals surface area contributed by atoms with Crippen molar-refractivity contribution in [3.8, 4) is 0 Å². The SMILES string of the molecule is CCC1OCCC1CNC1CCN(Cc2ccccc2)C1. The number of likely N-dealkylation sites (tertiary alicyclic amines) is 1. The number of rotatable bonds is 6. The molecule has 0 spiro atoms. The second kappa shape index (κ2) is 7.39. The van der Waals surface area contributed by atoms with E-state index in [-0.39, 0.29) is 0 Å². The molecule has 1 aromatic carbocycles. The molecule has 2 saturated heterocycles. The van der Waals surface area contributed by atoms with Gasteiger partial charge >= 0.3 is 0 Å². The summed E-state index contributed by atoms with van der Waals surface area (Å²) in [4.78, 5) is 2.56. The van der Waals surface area contributed by atoms with Crippen LogP contribution in [0.3, 0.4) is 0 Å². The molecule has 2 heterocycles. The predicted molar refractivity (Wildman–Crippen MR) is 86.3 cm³/mol. The van der Waals surface area contributed by atoms with Crippen molar-refractivity contribution in [2.75, 3.05) is 26.2 Å².